The van der Waals surface area contributed by atoms with Gasteiger partial charge in [-0.1, -0.05) is 109 Å². The van der Waals surface area contributed by atoms with Crippen molar-refractivity contribution in [1.29, 1.82) is 0 Å². The Bertz CT molecular complexity index is 3350. The molecule has 0 amide bonds. The van der Waals surface area contributed by atoms with Crippen molar-refractivity contribution in [3.05, 3.63) is 192 Å². The minimum absolute atomic E-state index is 0.875. The van der Waals surface area contributed by atoms with Crippen LogP contribution < -0.4 is 0 Å². The molecule has 0 spiro atoms. The van der Waals surface area contributed by atoms with Gasteiger partial charge in [-0.15, -0.1) is 11.3 Å². The van der Waals surface area contributed by atoms with Crippen molar-refractivity contribution in [2.24, 2.45) is 0 Å². The topological polar surface area (TPSA) is 9.86 Å². The number of thiophene rings is 1. The van der Waals surface area contributed by atoms with Crippen LogP contribution in [0, 0.1) is 6.92 Å². The van der Waals surface area contributed by atoms with E-state index in [2.05, 4.69) is 180 Å². The zero-order valence-corrected chi connectivity index (χ0v) is 31.3. The quantitative estimate of drug-likeness (QED) is 0.171. The summed E-state index contributed by atoms with van der Waals surface area (Å²) < 4.78 is 7.60. The zero-order valence-electron chi connectivity index (χ0n) is 30.5. The fourth-order valence-corrected chi connectivity index (χ4v) is 10.8. The highest BCUT2D eigenvalue weighted by Gasteiger charge is 2.23. The molecule has 0 saturated carbocycles. The highest BCUT2D eigenvalue weighted by molar-refractivity contribution is 7.26. The number of aromatic nitrogens is 2. The molecule has 0 fully saturated rings. The van der Waals surface area contributed by atoms with Gasteiger partial charge < -0.3 is 9.13 Å². The number of hydrogen-bond donors (Lipinski definition) is 0. The van der Waals surface area contributed by atoms with Crippen LogP contribution >= 0.6 is 11.3 Å². The molecular weight excluding hydrogens is 685 g/mol. The van der Waals surface area contributed by atoms with Gasteiger partial charge in [0.2, 0.25) is 0 Å². The van der Waals surface area contributed by atoms with Crippen LogP contribution in [0.15, 0.2) is 164 Å². The largest absolute Gasteiger partial charge is 0.309 e. The van der Waals surface area contributed by atoms with Crippen LogP contribution in [-0.4, -0.2) is 9.13 Å². The van der Waals surface area contributed by atoms with Crippen LogP contribution in [0.25, 0.3) is 86.3 Å². The number of para-hydroxylation sites is 2. The summed E-state index contributed by atoms with van der Waals surface area (Å²) in [5, 5.41) is 8.05. The average Bonchev–Trinajstić information content (AvgIpc) is 3.88. The second-order valence-electron chi connectivity index (χ2n) is 15.3. The third-order valence-electron chi connectivity index (χ3n) is 12.1. The monoisotopic (exact) mass is 720 g/mol. The van der Waals surface area contributed by atoms with Crippen molar-refractivity contribution in [3.63, 3.8) is 0 Å². The zero-order chi connectivity index (χ0) is 36.2. The van der Waals surface area contributed by atoms with Gasteiger partial charge in [0.25, 0.3) is 0 Å². The SMILES string of the molecule is Cc1ccc(-n2c3ccccc3c3c4c(ccc32)sc2cc(Cc3cccc(-n5c6ccccc6c6c7c(ccc65)CCc5ccccc5-7)c3)ccc24)cc1. The van der Waals surface area contributed by atoms with E-state index >= 15 is 0 Å². The van der Waals surface area contributed by atoms with Crippen LogP contribution in [0.4, 0.5) is 0 Å². The van der Waals surface area contributed by atoms with E-state index in [1.54, 1.807) is 0 Å². The molecule has 3 heteroatoms. The summed E-state index contributed by atoms with van der Waals surface area (Å²) in [7, 11) is 0. The summed E-state index contributed by atoms with van der Waals surface area (Å²) in [6, 6.07) is 61.5. The Morgan fingerprint density at radius 1 is 0.455 bits per heavy atom. The first-order valence-corrected chi connectivity index (χ1v) is 20.2. The lowest BCUT2D eigenvalue weighted by molar-refractivity contribution is 0.945. The number of fused-ring (bicyclic) bond motifs is 14. The lowest BCUT2D eigenvalue weighted by atomic mass is 9.83. The first-order chi connectivity index (χ1) is 27.2. The summed E-state index contributed by atoms with van der Waals surface area (Å²) in [6.07, 6.45) is 3.06. The molecule has 1 aliphatic rings. The molecule has 1 aliphatic carbocycles. The standard InChI is InChI=1S/C52H36N2S/c1-32-17-23-37(24-18-32)53-43-15-6-5-14-41(43)51-46(53)27-28-47-52(51)42-25-19-34(31-48(42)55-47)29-33-9-8-11-38(30-33)54-44-16-7-4-13-40(44)50-45(54)26-22-36-21-20-35-10-2-3-12-39(35)49(36)50/h2-19,22-28,30-31H,20-21,29H2,1H3. The Morgan fingerprint density at radius 3 is 2.00 bits per heavy atom. The van der Waals surface area contributed by atoms with Gasteiger partial charge in [-0.2, -0.15) is 0 Å². The minimum Gasteiger partial charge on any atom is -0.309 e. The lowest BCUT2D eigenvalue weighted by Crippen LogP contribution is -2.04. The van der Waals surface area contributed by atoms with Crippen LogP contribution in [0.3, 0.4) is 0 Å². The maximum Gasteiger partial charge on any atom is 0.0548 e. The lowest BCUT2D eigenvalue weighted by Gasteiger charge is -2.21. The normalized spacial score (nSPS) is 12.7. The van der Waals surface area contributed by atoms with Crippen molar-refractivity contribution >= 4 is 75.1 Å². The number of aryl methyl sites for hydroxylation is 3. The summed E-state index contributed by atoms with van der Waals surface area (Å²) >= 11 is 1.91. The van der Waals surface area contributed by atoms with Crippen molar-refractivity contribution in [3.8, 4) is 22.5 Å². The van der Waals surface area contributed by atoms with Gasteiger partial charge in [-0.25, -0.2) is 0 Å². The maximum atomic E-state index is 2.49. The summed E-state index contributed by atoms with van der Waals surface area (Å²) in [6.45, 7) is 2.15. The molecule has 0 saturated heterocycles. The van der Waals surface area contributed by atoms with E-state index in [0.29, 0.717) is 0 Å². The molecule has 0 radical (unpaired) electrons. The molecule has 260 valence electrons. The fraction of sp³-hybridized carbons (Fsp3) is 0.0769. The Hall–Kier alpha value is -6.42. The molecule has 2 nitrogen and oxygen atoms in total. The smallest absolute Gasteiger partial charge is 0.0548 e. The van der Waals surface area contributed by atoms with Crippen molar-refractivity contribution < 1.29 is 0 Å². The second kappa shape index (κ2) is 11.8. The van der Waals surface area contributed by atoms with E-state index in [0.717, 1.165) is 19.3 Å². The van der Waals surface area contributed by atoms with E-state index < -0.39 is 0 Å². The Labute approximate surface area is 323 Å². The minimum atomic E-state index is 0.875. The molecular formula is C52H36N2S. The van der Waals surface area contributed by atoms with Crippen molar-refractivity contribution in [1.82, 2.24) is 9.13 Å². The average molecular weight is 721 g/mol. The van der Waals surface area contributed by atoms with Gasteiger partial charge in [-0.3, -0.25) is 0 Å². The summed E-state index contributed by atoms with van der Waals surface area (Å²) in [5.74, 6) is 0. The third kappa shape index (κ3) is 4.60. The molecule has 55 heavy (non-hydrogen) atoms. The summed E-state index contributed by atoms with van der Waals surface area (Å²) in [4.78, 5) is 0. The van der Waals surface area contributed by atoms with Gasteiger partial charge in [0.15, 0.2) is 0 Å². The number of benzene rings is 8. The van der Waals surface area contributed by atoms with E-state index in [1.165, 1.54) is 114 Å². The predicted octanol–water partition coefficient (Wildman–Crippen LogP) is 13.9. The Morgan fingerprint density at radius 2 is 1.15 bits per heavy atom. The molecule has 0 aliphatic heterocycles. The van der Waals surface area contributed by atoms with E-state index in [1.807, 2.05) is 11.3 Å². The molecule has 3 aromatic heterocycles. The fourth-order valence-electron chi connectivity index (χ4n) is 9.64. The molecule has 12 rings (SSSR count). The molecule has 0 unspecified atom stereocenters. The maximum absolute atomic E-state index is 2.49. The Balaban J connectivity index is 0.971. The van der Waals surface area contributed by atoms with Gasteiger partial charge in [0.1, 0.15) is 0 Å². The van der Waals surface area contributed by atoms with E-state index in [9.17, 15) is 0 Å². The molecule has 0 N–H and O–H groups in total. The first kappa shape index (κ1) is 31.0. The van der Waals surface area contributed by atoms with E-state index in [4.69, 9.17) is 0 Å². The molecule has 0 bridgehead atoms. The Kier molecular flexibility index (Phi) is 6.64. The van der Waals surface area contributed by atoms with Crippen molar-refractivity contribution in [2.45, 2.75) is 26.2 Å². The molecule has 0 atom stereocenters. The summed E-state index contributed by atoms with van der Waals surface area (Å²) in [5.41, 5.74) is 17.1. The second-order valence-corrected chi connectivity index (χ2v) is 16.4. The van der Waals surface area contributed by atoms with Crippen LogP contribution in [0.1, 0.15) is 27.8 Å². The van der Waals surface area contributed by atoms with Crippen LogP contribution in [0.5, 0.6) is 0 Å². The molecule has 3 heterocycles. The van der Waals surface area contributed by atoms with Crippen LogP contribution in [-0.2, 0) is 19.3 Å². The van der Waals surface area contributed by atoms with Gasteiger partial charge in [0.05, 0.1) is 22.1 Å². The number of rotatable bonds is 4. The van der Waals surface area contributed by atoms with Crippen molar-refractivity contribution in [2.75, 3.05) is 0 Å². The third-order valence-corrected chi connectivity index (χ3v) is 13.2. The molecule has 11 aromatic rings. The van der Waals surface area contributed by atoms with Crippen LogP contribution in [0.2, 0.25) is 0 Å². The van der Waals surface area contributed by atoms with Gasteiger partial charge in [-0.05, 0) is 120 Å². The first-order valence-electron chi connectivity index (χ1n) is 19.3. The van der Waals surface area contributed by atoms with E-state index in [-0.39, 0.29) is 0 Å². The van der Waals surface area contributed by atoms with Gasteiger partial charge in [0, 0.05) is 53.1 Å². The molecule has 8 aromatic carbocycles. The number of hydrogen-bond acceptors (Lipinski definition) is 1. The van der Waals surface area contributed by atoms with Gasteiger partial charge >= 0.3 is 0 Å². The highest BCUT2D eigenvalue weighted by Crippen LogP contribution is 2.45. The predicted molar refractivity (Wildman–Crippen MR) is 235 cm³/mol. The highest BCUT2D eigenvalue weighted by atomic mass is 32.1. The number of nitrogens with zero attached hydrogens (tertiary/aromatic N) is 2.